The SMILES string of the molecule is CC1=CC(C)(C)Nc2cc(C(C)(C)C)ccc21. The van der Waals surface area contributed by atoms with Gasteiger partial charge in [0.2, 0.25) is 0 Å². The lowest BCUT2D eigenvalue weighted by Gasteiger charge is -2.32. The second-order valence-corrected chi connectivity index (χ2v) is 6.68. The van der Waals surface area contributed by atoms with Crippen LogP contribution in [0.2, 0.25) is 0 Å². The predicted molar refractivity (Wildman–Crippen MR) is 76.5 cm³/mol. The summed E-state index contributed by atoms with van der Waals surface area (Å²) in [4.78, 5) is 0. The molecule has 17 heavy (non-hydrogen) atoms. The molecule has 1 heteroatoms. The van der Waals surface area contributed by atoms with Crippen LogP contribution in [0, 0.1) is 0 Å². The summed E-state index contributed by atoms with van der Waals surface area (Å²) < 4.78 is 0. The molecule has 1 aromatic carbocycles. The first kappa shape index (κ1) is 12.2. The van der Waals surface area contributed by atoms with Gasteiger partial charge in [-0.1, -0.05) is 39.0 Å². The number of anilines is 1. The smallest absolute Gasteiger partial charge is 0.0505 e. The molecule has 0 spiro atoms. The van der Waals surface area contributed by atoms with E-state index in [1.807, 2.05) is 0 Å². The van der Waals surface area contributed by atoms with E-state index in [-0.39, 0.29) is 11.0 Å². The zero-order valence-corrected chi connectivity index (χ0v) is 11.8. The molecule has 1 aliphatic heterocycles. The van der Waals surface area contributed by atoms with Gasteiger partial charge >= 0.3 is 0 Å². The fourth-order valence-electron chi connectivity index (χ4n) is 2.46. The number of benzene rings is 1. The Hall–Kier alpha value is -1.24. The van der Waals surface area contributed by atoms with E-state index >= 15 is 0 Å². The van der Waals surface area contributed by atoms with Gasteiger partial charge in [0.1, 0.15) is 0 Å². The van der Waals surface area contributed by atoms with E-state index in [4.69, 9.17) is 0 Å². The Balaban J connectivity index is 2.52. The van der Waals surface area contributed by atoms with Crippen molar-refractivity contribution in [3.63, 3.8) is 0 Å². The monoisotopic (exact) mass is 229 g/mol. The van der Waals surface area contributed by atoms with Gasteiger partial charge in [-0.3, -0.25) is 0 Å². The van der Waals surface area contributed by atoms with E-state index in [0.717, 1.165) is 0 Å². The Kier molecular flexibility index (Phi) is 2.61. The van der Waals surface area contributed by atoms with Gasteiger partial charge in [-0.2, -0.15) is 0 Å². The van der Waals surface area contributed by atoms with Crippen LogP contribution >= 0.6 is 0 Å². The van der Waals surface area contributed by atoms with Crippen molar-refractivity contribution in [2.75, 3.05) is 5.32 Å². The van der Waals surface area contributed by atoms with Crippen LogP contribution in [0.15, 0.2) is 24.3 Å². The largest absolute Gasteiger partial charge is 0.376 e. The first-order chi connectivity index (χ1) is 7.69. The molecule has 0 saturated carbocycles. The minimum atomic E-state index is 0.0492. The molecule has 92 valence electrons. The maximum absolute atomic E-state index is 3.60. The third kappa shape index (κ3) is 2.38. The van der Waals surface area contributed by atoms with Crippen molar-refractivity contribution in [1.82, 2.24) is 0 Å². The van der Waals surface area contributed by atoms with Crippen LogP contribution < -0.4 is 5.32 Å². The fourth-order valence-corrected chi connectivity index (χ4v) is 2.46. The average Bonchev–Trinajstić information content (AvgIpc) is 2.13. The van der Waals surface area contributed by atoms with Gasteiger partial charge < -0.3 is 5.32 Å². The van der Waals surface area contributed by atoms with Crippen molar-refractivity contribution in [2.24, 2.45) is 0 Å². The van der Waals surface area contributed by atoms with Crippen molar-refractivity contribution in [2.45, 2.75) is 52.5 Å². The number of hydrogen-bond acceptors (Lipinski definition) is 1. The van der Waals surface area contributed by atoms with E-state index in [0.29, 0.717) is 0 Å². The normalized spacial score (nSPS) is 18.1. The highest BCUT2D eigenvalue weighted by Gasteiger charge is 2.24. The van der Waals surface area contributed by atoms with Crippen LogP contribution in [0.25, 0.3) is 5.57 Å². The quantitative estimate of drug-likeness (QED) is 0.686. The highest BCUT2D eigenvalue weighted by molar-refractivity contribution is 5.80. The molecule has 1 aliphatic rings. The number of rotatable bonds is 0. The zero-order valence-electron chi connectivity index (χ0n) is 11.8. The molecule has 0 bridgehead atoms. The Labute approximate surface area is 105 Å². The molecule has 0 unspecified atom stereocenters. The van der Waals surface area contributed by atoms with Crippen LogP contribution in [0.4, 0.5) is 5.69 Å². The van der Waals surface area contributed by atoms with Gasteiger partial charge in [0.25, 0.3) is 0 Å². The van der Waals surface area contributed by atoms with E-state index in [1.165, 1.54) is 22.4 Å². The highest BCUT2D eigenvalue weighted by atomic mass is 15.0. The van der Waals surface area contributed by atoms with Crippen LogP contribution in [-0.4, -0.2) is 5.54 Å². The topological polar surface area (TPSA) is 12.0 Å². The van der Waals surface area contributed by atoms with Crippen LogP contribution in [0.5, 0.6) is 0 Å². The molecular weight excluding hydrogens is 206 g/mol. The summed E-state index contributed by atoms with van der Waals surface area (Å²) >= 11 is 0. The van der Waals surface area contributed by atoms with Gasteiger partial charge in [0.05, 0.1) is 5.54 Å². The third-order valence-electron chi connectivity index (χ3n) is 3.34. The minimum Gasteiger partial charge on any atom is -0.376 e. The fraction of sp³-hybridized carbons (Fsp3) is 0.500. The summed E-state index contributed by atoms with van der Waals surface area (Å²) in [5.74, 6) is 0. The van der Waals surface area contributed by atoms with Gasteiger partial charge in [-0.15, -0.1) is 0 Å². The van der Waals surface area contributed by atoms with Crippen molar-refractivity contribution in [1.29, 1.82) is 0 Å². The molecule has 1 heterocycles. The lowest BCUT2D eigenvalue weighted by atomic mass is 9.83. The second kappa shape index (κ2) is 3.63. The lowest BCUT2D eigenvalue weighted by molar-refractivity contribution is 0.589. The molecule has 0 aliphatic carbocycles. The van der Waals surface area contributed by atoms with Gasteiger partial charge in [0, 0.05) is 11.3 Å². The van der Waals surface area contributed by atoms with Crippen molar-refractivity contribution in [3.8, 4) is 0 Å². The van der Waals surface area contributed by atoms with Crippen molar-refractivity contribution < 1.29 is 0 Å². The highest BCUT2D eigenvalue weighted by Crippen LogP contribution is 2.36. The number of nitrogens with one attached hydrogen (secondary N) is 1. The Morgan fingerprint density at radius 1 is 1.12 bits per heavy atom. The second-order valence-electron chi connectivity index (χ2n) is 6.68. The van der Waals surface area contributed by atoms with Crippen LogP contribution in [0.3, 0.4) is 0 Å². The predicted octanol–water partition coefficient (Wildman–Crippen LogP) is 4.59. The van der Waals surface area contributed by atoms with E-state index in [2.05, 4.69) is 71.1 Å². The van der Waals surface area contributed by atoms with Crippen molar-refractivity contribution in [3.05, 3.63) is 35.4 Å². The summed E-state index contributed by atoms with van der Waals surface area (Å²) in [6.45, 7) is 13.4. The summed E-state index contributed by atoms with van der Waals surface area (Å²) in [6, 6.07) is 6.79. The van der Waals surface area contributed by atoms with E-state index in [9.17, 15) is 0 Å². The third-order valence-corrected chi connectivity index (χ3v) is 3.34. The van der Waals surface area contributed by atoms with Crippen LogP contribution in [-0.2, 0) is 5.41 Å². The number of fused-ring (bicyclic) bond motifs is 1. The molecule has 0 saturated heterocycles. The minimum absolute atomic E-state index is 0.0492. The van der Waals surface area contributed by atoms with Gasteiger partial charge in [-0.25, -0.2) is 0 Å². The van der Waals surface area contributed by atoms with Gasteiger partial charge in [-0.05, 0) is 43.4 Å². The van der Waals surface area contributed by atoms with E-state index in [1.54, 1.807) is 0 Å². The van der Waals surface area contributed by atoms with E-state index < -0.39 is 0 Å². The Morgan fingerprint density at radius 2 is 1.76 bits per heavy atom. The molecule has 0 amide bonds. The van der Waals surface area contributed by atoms with Crippen molar-refractivity contribution >= 4 is 11.3 Å². The molecule has 0 radical (unpaired) electrons. The summed E-state index contributed by atoms with van der Waals surface area (Å²) in [5, 5.41) is 3.60. The Morgan fingerprint density at radius 3 is 2.35 bits per heavy atom. The zero-order chi connectivity index (χ0) is 12.8. The summed E-state index contributed by atoms with van der Waals surface area (Å²) in [6.07, 6.45) is 2.30. The molecule has 0 fully saturated rings. The summed E-state index contributed by atoms with van der Waals surface area (Å²) in [5.41, 5.74) is 5.60. The molecular formula is C16H23N. The molecule has 0 atom stereocenters. The number of hydrogen-bond donors (Lipinski definition) is 1. The first-order valence-electron chi connectivity index (χ1n) is 6.32. The lowest BCUT2D eigenvalue weighted by Crippen LogP contribution is -2.31. The maximum atomic E-state index is 3.60. The molecule has 0 aromatic heterocycles. The summed E-state index contributed by atoms with van der Waals surface area (Å²) in [7, 11) is 0. The molecule has 1 N–H and O–H groups in total. The van der Waals surface area contributed by atoms with Crippen LogP contribution in [0.1, 0.15) is 52.7 Å². The van der Waals surface area contributed by atoms with Gasteiger partial charge in [0.15, 0.2) is 0 Å². The first-order valence-corrected chi connectivity index (χ1v) is 6.32. The maximum Gasteiger partial charge on any atom is 0.0505 e. The molecule has 2 rings (SSSR count). The molecule has 1 aromatic rings. The average molecular weight is 229 g/mol. The standard InChI is InChI=1S/C16H23N/c1-11-10-16(5,6)17-14-9-12(15(2,3)4)7-8-13(11)14/h7-10,17H,1-6H3. The Bertz CT molecular complexity index is 473. The number of allylic oxidation sites excluding steroid dienone is 1. The molecule has 1 nitrogen and oxygen atoms in total.